The van der Waals surface area contributed by atoms with Gasteiger partial charge in [-0.15, -0.1) is 0 Å². The average Bonchev–Trinajstić information content (AvgIpc) is 3.48. The smallest absolute Gasteiger partial charge is 0.339 e. The lowest BCUT2D eigenvalue weighted by Crippen LogP contribution is -2.42. The number of ether oxygens (including phenoxy) is 3. The van der Waals surface area contributed by atoms with Crippen molar-refractivity contribution in [2.75, 3.05) is 26.3 Å². The molecule has 0 spiro atoms. The van der Waals surface area contributed by atoms with Crippen LogP contribution in [0.2, 0.25) is 0 Å². The first-order chi connectivity index (χ1) is 13.7. The third-order valence-electron chi connectivity index (χ3n) is 6.42. The summed E-state index contributed by atoms with van der Waals surface area (Å²) in [4.78, 5) is 27.1. The molecule has 2 bridgehead atoms. The maximum absolute atomic E-state index is 13.2. The second kappa shape index (κ2) is 7.33. The lowest BCUT2D eigenvalue weighted by atomic mass is 9.93. The summed E-state index contributed by atoms with van der Waals surface area (Å²) in [5, 5.41) is 0. The maximum Gasteiger partial charge on any atom is 0.339 e. The molecule has 2 fully saturated rings. The summed E-state index contributed by atoms with van der Waals surface area (Å²) in [6.45, 7) is 2.27. The summed E-state index contributed by atoms with van der Waals surface area (Å²) in [7, 11) is 0. The van der Waals surface area contributed by atoms with Gasteiger partial charge in [-0.1, -0.05) is 30.4 Å². The van der Waals surface area contributed by atoms with E-state index in [1.54, 1.807) is 6.07 Å². The molecular formula is C22H25NO5. The van der Waals surface area contributed by atoms with Crippen molar-refractivity contribution in [3.05, 3.63) is 47.5 Å². The third kappa shape index (κ3) is 3.35. The minimum Gasteiger partial charge on any atom is -0.453 e. The van der Waals surface area contributed by atoms with Gasteiger partial charge in [-0.3, -0.25) is 4.79 Å². The van der Waals surface area contributed by atoms with Crippen LogP contribution < -0.4 is 0 Å². The number of amides is 1. The maximum atomic E-state index is 13.2. The quantitative estimate of drug-likeness (QED) is 0.558. The Hall–Kier alpha value is -2.18. The fourth-order valence-electron chi connectivity index (χ4n) is 5.02. The molecule has 2 aliphatic carbocycles. The molecular weight excluding hydrogens is 358 g/mol. The number of rotatable bonds is 6. The highest BCUT2D eigenvalue weighted by atomic mass is 16.7. The number of cyclic esters (lactones) is 1. The number of fused-ring (bicyclic) bond motifs is 3. The van der Waals surface area contributed by atoms with E-state index in [1.807, 2.05) is 23.1 Å². The topological polar surface area (TPSA) is 65.1 Å². The van der Waals surface area contributed by atoms with Crippen LogP contribution in [0.5, 0.6) is 0 Å². The van der Waals surface area contributed by atoms with Crippen molar-refractivity contribution in [2.24, 2.45) is 17.8 Å². The van der Waals surface area contributed by atoms with E-state index in [-0.39, 0.29) is 24.6 Å². The van der Waals surface area contributed by atoms with Crippen LogP contribution in [0.3, 0.4) is 0 Å². The van der Waals surface area contributed by atoms with E-state index in [9.17, 15) is 9.59 Å². The molecule has 5 rings (SSSR count). The van der Waals surface area contributed by atoms with E-state index in [0.717, 1.165) is 12.0 Å². The molecule has 2 heterocycles. The molecule has 6 nitrogen and oxygen atoms in total. The highest BCUT2D eigenvalue weighted by molar-refractivity contribution is 5.94. The van der Waals surface area contributed by atoms with Crippen molar-refractivity contribution in [1.82, 2.24) is 4.90 Å². The van der Waals surface area contributed by atoms with Crippen LogP contribution in [0.1, 0.15) is 41.3 Å². The van der Waals surface area contributed by atoms with Gasteiger partial charge >= 0.3 is 5.97 Å². The monoisotopic (exact) mass is 383 g/mol. The molecule has 4 aliphatic rings. The van der Waals surface area contributed by atoms with Gasteiger partial charge < -0.3 is 19.1 Å². The Morgan fingerprint density at radius 1 is 1.07 bits per heavy atom. The molecule has 1 saturated heterocycles. The van der Waals surface area contributed by atoms with Crippen LogP contribution in [0.25, 0.3) is 0 Å². The fourth-order valence-corrected chi connectivity index (χ4v) is 5.02. The van der Waals surface area contributed by atoms with Crippen molar-refractivity contribution in [3.8, 4) is 0 Å². The highest BCUT2D eigenvalue weighted by Gasteiger charge is 2.39. The third-order valence-corrected chi connectivity index (χ3v) is 6.42. The Labute approximate surface area is 164 Å². The fraction of sp³-hybridized carbons (Fsp3) is 0.545. The van der Waals surface area contributed by atoms with Crippen LogP contribution in [0.15, 0.2) is 36.4 Å². The van der Waals surface area contributed by atoms with Crippen molar-refractivity contribution in [2.45, 2.75) is 31.7 Å². The van der Waals surface area contributed by atoms with Crippen LogP contribution in [-0.4, -0.2) is 49.4 Å². The van der Waals surface area contributed by atoms with Gasteiger partial charge in [0, 0.05) is 12.1 Å². The molecule has 1 aromatic rings. The molecule has 0 N–H and O–H groups in total. The number of nitrogens with zero attached hydrogens (tertiary/aromatic N) is 1. The van der Waals surface area contributed by atoms with Crippen molar-refractivity contribution in [3.63, 3.8) is 0 Å². The minimum atomic E-state index is -0.510. The summed E-state index contributed by atoms with van der Waals surface area (Å²) in [5.41, 5.74) is 1.37. The summed E-state index contributed by atoms with van der Waals surface area (Å²) < 4.78 is 16.7. The van der Waals surface area contributed by atoms with E-state index in [1.165, 1.54) is 6.42 Å². The second-order valence-electron chi connectivity index (χ2n) is 8.20. The number of hydrogen-bond donors (Lipinski definition) is 0. The number of carbonyl (C=O) groups excluding carboxylic acids is 2. The number of hydrogen-bond acceptors (Lipinski definition) is 5. The number of benzene rings is 1. The first kappa shape index (κ1) is 17.9. The molecule has 6 heteroatoms. The van der Waals surface area contributed by atoms with Gasteiger partial charge in [0.25, 0.3) is 0 Å². The van der Waals surface area contributed by atoms with Gasteiger partial charge in [0.05, 0.1) is 31.7 Å². The largest absolute Gasteiger partial charge is 0.453 e. The molecule has 0 aromatic heterocycles. The van der Waals surface area contributed by atoms with Crippen LogP contribution in [0.4, 0.5) is 0 Å². The van der Waals surface area contributed by atoms with Gasteiger partial charge in [-0.05, 0) is 36.7 Å². The predicted octanol–water partition coefficient (Wildman–Crippen LogP) is 2.70. The zero-order valence-corrected chi connectivity index (χ0v) is 15.8. The zero-order chi connectivity index (χ0) is 19.1. The predicted molar refractivity (Wildman–Crippen MR) is 100 cm³/mol. The summed E-state index contributed by atoms with van der Waals surface area (Å²) in [6.07, 6.45) is 6.24. The number of esters is 1. The minimum absolute atomic E-state index is 0.0136. The first-order valence-electron chi connectivity index (χ1n) is 10.2. The number of allylic oxidation sites excluding steroid dienone is 2. The molecule has 28 heavy (non-hydrogen) atoms. The van der Waals surface area contributed by atoms with Crippen molar-refractivity contribution < 1.29 is 23.8 Å². The van der Waals surface area contributed by atoms with Gasteiger partial charge in [-0.2, -0.15) is 0 Å². The second-order valence-corrected chi connectivity index (χ2v) is 8.20. The molecule has 4 atom stereocenters. The van der Waals surface area contributed by atoms with Gasteiger partial charge in [0.15, 0.2) is 6.29 Å². The molecule has 4 unspecified atom stereocenters. The summed E-state index contributed by atoms with van der Waals surface area (Å²) in [6, 6.07) is 7.31. The van der Waals surface area contributed by atoms with Crippen LogP contribution in [0, 0.1) is 17.8 Å². The number of carbonyl (C=O) groups is 2. The molecule has 1 saturated carbocycles. The SMILES string of the molecule is O=C1OC(CC(=O)N(CC2OCCO2)CC2CC3C=CC2C3)c2ccccc21. The summed E-state index contributed by atoms with van der Waals surface area (Å²) in [5.74, 6) is 1.35. The Kier molecular flexibility index (Phi) is 4.69. The molecule has 1 amide bonds. The Bertz CT molecular complexity index is 800. The Morgan fingerprint density at radius 2 is 1.89 bits per heavy atom. The molecule has 148 valence electrons. The first-order valence-corrected chi connectivity index (χ1v) is 10.2. The molecule has 2 aliphatic heterocycles. The van der Waals surface area contributed by atoms with E-state index in [2.05, 4.69) is 12.2 Å². The van der Waals surface area contributed by atoms with E-state index in [4.69, 9.17) is 14.2 Å². The van der Waals surface area contributed by atoms with Gasteiger partial charge in [-0.25, -0.2) is 4.79 Å². The highest BCUT2D eigenvalue weighted by Crippen LogP contribution is 2.44. The standard InChI is InChI=1S/C22H25NO5/c24-20(11-19-17-3-1-2-4-18(17)22(25)28-19)23(13-21-26-7-8-27-21)12-16-10-14-5-6-15(16)9-14/h1-6,14-16,19,21H,7-13H2. The zero-order valence-electron chi connectivity index (χ0n) is 15.8. The molecule has 0 radical (unpaired) electrons. The van der Waals surface area contributed by atoms with E-state index in [0.29, 0.717) is 49.6 Å². The average molecular weight is 383 g/mol. The van der Waals surface area contributed by atoms with Gasteiger partial charge in [0.1, 0.15) is 6.10 Å². The van der Waals surface area contributed by atoms with Crippen LogP contribution in [-0.2, 0) is 19.0 Å². The normalized spacial score (nSPS) is 30.6. The van der Waals surface area contributed by atoms with Crippen molar-refractivity contribution in [1.29, 1.82) is 0 Å². The van der Waals surface area contributed by atoms with E-state index >= 15 is 0 Å². The summed E-state index contributed by atoms with van der Waals surface area (Å²) >= 11 is 0. The lowest BCUT2D eigenvalue weighted by Gasteiger charge is -2.30. The lowest BCUT2D eigenvalue weighted by molar-refractivity contribution is -0.140. The van der Waals surface area contributed by atoms with Gasteiger partial charge in [0.2, 0.25) is 5.91 Å². The van der Waals surface area contributed by atoms with E-state index < -0.39 is 6.10 Å². The van der Waals surface area contributed by atoms with Crippen LogP contribution >= 0.6 is 0 Å². The Balaban J connectivity index is 1.29. The molecule has 1 aromatic carbocycles. The van der Waals surface area contributed by atoms with Crippen molar-refractivity contribution >= 4 is 11.9 Å². The Morgan fingerprint density at radius 3 is 2.64 bits per heavy atom.